The molecule has 1 unspecified atom stereocenters. The lowest BCUT2D eigenvalue weighted by atomic mass is 10.1. The van der Waals surface area contributed by atoms with Crippen LogP contribution in [0.4, 0.5) is 5.69 Å². The first-order valence-electron chi connectivity index (χ1n) is 8.34. The number of nitro groups is 1. The van der Waals surface area contributed by atoms with E-state index in [0.29, 0.717) is 12.2 Å². The number of rotatable bonds is 5. The molecule has 3 rings (SSSR count). The molecule has 25 heavy (non-hydrogen) atoms. The number of nitro benzene ring substituents is 1. The van der Waals surface area contributed by atoms with Gasteiger partial charge in [0, 0.05) is 17.0 Å². The Hall–Kier alpha value is -2.12. The molecule has 0 bridgehead atoms. The van der Waals surface area contributed by atoms with Gasteiger partial charge in [-0.3, -0.25) is 15.0 Å². The number of nitrogens with zero attached hydrogens (tertiary/aromatic N) is 2. The number of allylic oxidation sites excluding steroid dienone is 2. The van der Waals surface area contributed by atoms with Crippen molar-refractivity contribution in [3.8, 4) is 0 Å². The van der Waals surface area contributed by atoms with Crippen LogP contribution in [0.1, 0.15) is 25.3 Å². The van der Waals surface area contributed by atoms with E-state index in [-0.39, 0.29) is 17.0 Å². The van der Waals surface area contributed by atoms with Crippen LogP contribution in [0.2, 0.25) is 0 Å². The molecule has 1 aromatic rings. The molecule has 0 amide bonds. The third-order valence-corrected chi connectivity index (χ3v) is 5.67. The van der Waals surface area contributed by atoms with Gasteiger partial charge < -0.3 is 4.74 Å². The van der Waals surface area contributed by atoms with Crippen LogP contribution in [0.5, 0.6) is 0 Å². The van der Waals surface area contributed by atoms with Crippen molar-refractivity contribution in [2.75, 3.05) is 19.7 Å². The predicted octanol–water partition coefficient (Wildman–Crippen LogP) is 3.59. The van der Waals surface area contributed by atoms with Crippen LogP contribution in [-0.4, -0.2) is 40.9 Å². The second-order valence-corrected chi connectivity index (χ2v) is 7.01. The molecule has 0 saturated carbocycles. The van der Waals surface area contributed by atoms with Gasteiger partial charge in [-0.2, -0.15) is 0 Å². The summed E-state index contributed by atoms with van der Waals surface area (Å²) >= 11 is 1.61. The summed E-state index contributed by atoms with van der Waals surface area (Å²) in [6.07, 6.45) is 5.98. The largest absolute Gasteiger partial charge is 0.463 e. The summed E-state index contributed by atoms with van der Waals surface area (Å²) in [5.74, 6) is -0.272. The summed E-state index contributed by atoms with van der Waals surface area (Å²) in [6, 6.07) is 6.51. The van der Waals surface area contributed by atoms with E-state index < -0.39 is 4.92 Å². The van der Waals surface area contributed by atoms with Gasteiger partial charge in [0.2, 0.25) is 0 Å². The quantitative estimate of drug-likeness (QED) is 0.454. The number of thioether (sulfide) groups is 1. The van der Waals surface area contributed by atoms with E-state index in [1.54, 1.807) is 30.8 Å². The first kappa shape index (κ1) is 17.7. The Morgan fingerprint density at radius 2 is 1.96 bits per heavy atom. The third kappa shape index (κ3) is 3.93. The minimum Gasteiger partial charge on any atom is -0.463 e. The third-order valence-electron chi connectivity index (χ3n) is 4.26. The summed E-state index contributed by atoms with van der Waals surface area (Å²) in [6.45, 7) is 4.08. The predicted molar refractivity (Wildman–Crippen MR) is 98.0 cm³/mol. The van der Waals surface area contributed by atoms with E-state index in [1.165, 1.54) is 12.1 Å². The Morgan fingerprint density at radius 1 is 1.28 bits per heavy atom. The van der Waals surface area contributed by atoms with Gasteiger partial charge in [-0.1, -0.05) is 0 Å². The molecule has 2 heterocycles. The molecule has 1 fully saturated rings. The number of carbonyl (C=O) groups is 1. The highest BCUT2D eigenvalue weighted by molar-refractivity contribution is 8.09. The van der Waals surface area contributed by atoms with E-state index in [4.69, 9.17) is 4.74 Å². The molecule has 1 saturated heterocycles. The molecule has 2 aliphatic rings. The van der Waals surface area contributed by atoms with E-state index in [1.807, 2.05) is 12.2 Å². The first-order valence-corrected chi connectivity index (χ1v) is 9.22. The fraction of sp³-hybridized carbons (Fsp3) is 0.389. The lowest BCUT2D eigenvalue weighted by Gasteiger charge is -2.31. The summed E-state index contributed by atoms with van der Waals surface area (Å²) < 4.78 is 5.20. The minimum atomic E-state index is -0.405. The summed E-state index contributed by atoms with van der Waals surface area (Å²) in [5, 5.41) is 10.7. The Bertz CT molecular complexity index is 721. The summed E-state index contributed by atoms with van der Waals surface area (Å²) in [4.78, 5) is 26.0. The molecule has 0 aromatic heterocycles. The maximum Gasteiger partial charge on any atom is 0.336 e. The molecule has 0 aliphatic carbocycles. The number of ether oxygens (including phenoxy) is 1. The molecule has 0 spiro atoms. The summed E-state index contributed by atoms with van der Waals surface area (Å²) in [7, 11) is 0. The van der Waals surface area contributed by atoms with Crippen molar-refractivity contribution in [2.45, 2.75) is 25.1 Å². The highest BCUT2D eigenvalue weighted by Gasteiger charge is 2.33. The molecular weight excluding hydrogens is 340 g/mol. The monoisotopic (exact) mass is 360 g/mol. The summed E-state index contributed by atoms with van der Waals surface area (Å²) in [5.41, 5.74) is 1.65. The standard InChI is InChI=1S/C18H20N2O4S/c1-2-24-18(21)15-9-10-16(25-17(15)19-11-3-4-12-19)13-5-7-14(8-6-13)20(22)23/h5-10,17H,2-4,11-12H2,1H3. The van der Waals surface area contributed by atoms with Crippen LogP contribution in [0, 0.1) is 10.1 Å². The number of benzene rings is 1. The maximum absolute atomic E-state index is 12.3. The number of non-ortho nitro benzene ring substituents is 1. The maximum atomic E-state index is 12.3. The van der Waals surface area contributed by atoms with Crippen molar-refractivity contribution >= 4 is 28.3 Å². The minimum absolute atomic E-state index is 0.0725. The molecule has 7 heteroatoms. The van der Waals surface area contributed by atoms with Gasteiger partial charge in [0.15, 0.2) is 0 Å². The van der Waals surface area contributed by atoms with Crippen molar-refractivity contribution in [1.29, 1.82) is 0 Å². The Kier molecular flexibility index (Phi) is 5.55. The zero-order valence-corrected chi connectivity index (χ0v) is 14.8. The zero-order valence-electron chi connectivity index (χ0n) is 14.0. The fourth-order valence-corrected chi connectivity index (χ4v) is 4.33. The van der Waals surface area contributed by atoms with Crippen molar-refractivity contribution in [3.05, 3.63) is 57.7 Å². The number of hydrogen-bond acceptors (Lipinski definition) is 6. The van der Waals surface area contributed by atoms with E-state index >= 15 is 0 Å². The van der Waals surface area contributed by atoms with Gasteiger partial charge in [-0.25, -0.2) is 4.79 Å². The SMILES string of the molecule is CCOC(=O)C1=CC=C(c2ccc([N+](=O)[O-])cc2)SC1N1CCCC1. The molecule has 1 aromatic carbocycles. The molecule has 0 N–H and O–H groups in total. The molecule has 2 aliphatic heterocycles. The highest BCUT2D eigenvalue weighted by Crippen LogP contribution is 2.41. The van der Waals surface area contributed by atoms with Crippen LogP contribution in [0.25, 0.3) is 4.91 Å². The normalized spacial score (nSPS) is 20.8. The number of carbonyl (C=O) groups excluding carboxylic acids is 1. The lowest BCUT2D eigenvalue weighted by Crippen LogP contribution is -2.35. The van der Waals surface area contributed by atoms with E-state index in [2.05, 4.69) is 4.90 Å². The number of esters is 1. The van der Waals surface area contributed by atoms with Gasteiger partial charge in [-0.05, 0) is 62.7 Å². The van der Waals surface area contributed by atoms with Crippen LogP contribution in [0.3, 0.4) is 0 Å². The first-order chi connectivity index (χ1) is 12.1. The second-order valence-electron chi connectivity index (χ2n) is 5.89. The van der Waals surface area contributed by atoms with Crippen LogP contribution in [0.15, 0.2) is 42.0 Å². The van der Waals surface area contributed by atoms with Crippen molar-refractivity contribution < 1.29 is 14.5 Å². The van der Waals surface area contributed by atoms with E-state index in [9.17, 15) is 14.9 Å². The Balaban J connectivity index is 1.87. The topological polar surface area (TPSA) is 72.7 Å². The lowest BCUT2D eigenvalue weighted by molar-refractivity contribution is -0.384. The molecule has 132 valence electrons. The Labute approximate surface area is 150 Å². The van der Waals surface area contributed by atoms with E-state index in [0.717, 1.165) is 36.4 Å². The van der Waals surface area contributed by atoms with Gasteiger partial charge in [0.25, 0.3) is 5.69 Å². The van der Waals surface area contributed by atoms with Gasteiger partial charge >= 0.3 is 5.97 Å². The Morgan fingerprint density at radius 3 is 2.56 bits per heavy atom. The molecule has 6 nitrogen and oxygen atoms in total. The fourth-order valence-electron chi connectivity index (χ4n) is 3.01. The molecular formula is C18H20N2O4S. The average Bonchev–Trinajstić information content (AvgIpc) is 3.16. The number of hydrogen-bond donors (Lipinski definition) is 0. The zero-order chi connectivity index (χ0) is 17.8. The number of likely N-dealkylation sites (tertiary alicyclic amines) is 1. The van der Waals surface area contributed by atoms with Crippen LogP contribution < -0.4 is 0 Å². The second kappa shape index (κ2) is 7.84. The highest BCUT2D eigenvalue weighted by atomic mass is 32.2. The average molecular weight is 360 g/mol. The van der Waals surface area contributed by atoms with Gasteiger partial charge in [-0.15, -0.1) is 11.8 Å². The van der Waals surface area contributed by atoms with Crippen molar-refractivity contribution in [1.82, 2.24) is 4.90 Å². The van der Waals surface area contributed by atoms with Crippen LogP contribution in [-0.2, 0) is 9.53 Å². The molecule has 1 atom stereocenters. The van der Waals surface area contributed by atoms with Crippen molar-refractivity contribution in [3.63, 3.8) is 0 Å². The van der Waals surface area contributed by atoms with Gasteiger partial charge in [0.05, 0.1) is 22.5 Å². The van der Waals surface area contributed by atoms with Crippen molar-refractivity contribution in [2.24, 2.45) is 0 Å². The smallest absolute Gasteiger partial charge is 0.336 e. The molecule has 0 radical (unpaired) electrons. The van der Waals surface area contributed by atoms with Crippen LogP contribution >= 0.6 is 11.8 Å². The van der Waals surface area contributed by atoms with Gasteiger partial charge in [0.1, 0.15) is 0 Å².